The van der Waals surface area contributed by atoms with E-state index in [0.717, 1.165) is 24.0 Å². The number of nitrogens with zero attached hydrogens (tertiary/aromatic N) is 2. The predicted molar refractivity (Wildman–Crippen MR) is 97.0 cm³/mol. The largest absolute Gasteiger partial charge is 0.433 e. The van der Waals surface area contributed by atoms with Crippen molar-refractivity contribution in [2.75, 3.05) is 5.32 Å². The van der Waals surface area contributed by atoms with Crippen LogP contribution in [0.25, 0.3) is 0 Å². The second-order valence-electron chi connectivity index (χ2n) is 5.28. The van der Waals surface area contributed by atoms with Gasteiger partial charge in [0, 0.05) is 21.7 Å². The highest BCUT2D eigenvalue weighted by molar-refractivity contribution is 7.99. The SMILES string of the molecule is O=C(Nc1ccccc1Sc1nccc(C(F)(F)F)n1)c1ccc(Cl)cc1. The molecule has 2 aromatic carbocycles. The van der Waals surface area contributed by atoms with Gasteiger partial charge in [0.05, 0.1) is 5.69 Å². The van der Waals surface area contributed by atoms with Crippen molar-refractivity contribution in [3.63, 3.8) is 0 Å². The first-order valence-corrected chi connectivity index (χ1v) is 8.76. The van der Waals surface area contributed by atoms with Crippen LogP contribution in [0.2, 0.25) is 5.02 Å². The third-order valence-electron chi connectivity index (χ3n) is 3.37. The molecule has 27 heavy (non-hydrogen) atoms. The first-order valence-electron chi connectivity index (χ1n) is 7.57. The highest BCUT2D eigenvalue weighted by Crippen LogP contribution is 2.34. The predicted octanol–water partition coefficient (Wildman–Crippen LogP) is 5.55. The van der Waals surface area contributed by atoms with E-state index < -0.39 is 11.9 Å². The molecular formula is C18H11ClF3N3OS. The molecule has 1 amide bonds. The van der Waals surface area contributed by atoms with Crippen LogP contribution in [0.15, 0.2) is 70.8 Å². The molecule has 0 fully saturated rings. The molecule has 0 bridgehead atoms. The van der Waals surface area contributed by atoms with Crippen LogP contribution in [0.1, 0.15) is 16.1 Å². The van der Waals surface area contributed by atoms with Crippen molar-refractivity contribution < 1.29 is 18.0 Å². The van der Waals surface area contributed by atoms with Gasteiger partial charge in [-0.25, -0.2) is 9.97 Å². The van der Waals surface area contributed by atoms with Gasteiger partial charge in [-0.2, -0.15) is 13.2 Å². The average molecular weight is 410 g/mol. The third kappa shape index (κ3) is 4.99. The third-order valence-corrected chi connectivity index (χ3v) is 4.57. The number of alkyl halides is 3. The maximum absolute atomic E-state index is 12.8. The van der Waals surface area contributed by atoms with E-state index in [0.29, 0.717) is 21.2 Å². The summed E-state index contributed by atoms with van der Waals surface area (Å²) in [5.41, 5.74) is -0.194. The molecule has 3 aromatic rings. The summed E-state index contributed by atoms with van der Waals surface area (Å²) in [6, 6.07) is 13.8. The second-order valence-corrected chi connectivity index (χ2v) is 6.73. The Morgan fingerprint density at radius 2 is 1.74 bits per heavy atom. The van der Waals surface area contributed by atoms with Crippen LogP contribution >= 0.6 is 23.4 Å². The Kier molecular flexibility index (Phi) is 5.67. The summed E-state index contributed by atoms with van der Waals surface area (Å²) in [7, 11) is 0. The molecule has 3 rings (SSSR count). The molecule has 138 valence electrons. The van der Waals surface area contributed by atoms with Crippen LogP contribution in [0.4, 0.5) is 18.9 Å². The van der Waals surface area contributed by atoms with E-state index in [1.54, 1.807) is 48.5 Å². The Morgan fingerprint density at radius 1 is 1.04 bits per heavy atom. The van der Waals surface area contributed by atoms with Crippen LogP contribution in [-0.2, 0) is 6.18 Å². The van der Waals surface area contributed by atoms with Gasteiger partial charge in [-0.15, -0.1) is 0 Å². The monoisotopic (exact) mass is 409 g/mol. The summed E-state index contributed by atoms with van der Waals surface area (Å²) in [4.78, 5) is 20.3. The topological polar surface area (TPSA) is 54.9 Å². The normalized spacial score (nSPS) is 11.3. The molecule has 0 saturated heterocycles. The molecule has 1 aromatic heterocycles. The summed E-state index contributed by atoms with van der Waals surface area (Å²) in [6.07, 6.45) is -3.51. The maximum atomic E-state index is 12.8. The van der Waals surface area contributed by atoms with E-state index in [1.807, 2.05) is 0 Å². The molecule has 0 aliphatic carbocycles. The van der Waals surface area contributed by atoms with Gasteiger partial charge < -0.3 is 5.32 Å². The van der Waals surface area contributed by atoms with Crippen molar-refractivity contribution >= 4 is 35.0 Å². The Balaban J connectivity index is 1.82. The minimum Gasteiger partial charge on any atom is -0.321 e. The number of hydrogen-bond donors (Lipinski definition) is 1. The zero-order valence-corrected chi connectivity index (χ0v) is 15.1. The smallest absolute Gasteiger partial charge is 0.321 e. The van der Waals surface area contributed by atoms with Crippen LogP contribution in [0, 0.1) is 0 Å². The Morgan fingerprint density at radius 3 is 2.44 bits per heavy atom. The lowest BCUT2D eigenvalue weighted by Crippen LogP contribution is -2.12. The minimum atomic E-state index is -4.55. The van der Waals surface area contributed by atoms with Crippen LogP contribution in [0.3, 0.4) is 0 Å². The fraction of sp³-hybridized carbons (Fsp3) is 0.0556. The van der Waals surface area contributed by atoms with Crippen molar-refractivity contribution in [2.24, 2.45) is 0 Å². The van der Waals surface area contributed by atoms with Gasteiger partial charge in [0.15, 0.2) is 5.16 Å². The number of nitrogens with one attached hydrogen (secondary N) is 1. The molecule has 0 aliphatic heterocycles. The lowest BCUT2D eigenvalue weighted by molar-refractivity contribution is -0.141. The van der Waals surface area contributed by atoms with Gasteiger partial charge >= 0.3 is 6.18 Å². The first-order chi connectivity index (χ1) is 12.8. The Labute approximate surface area is 161 Å². The van der Waals surface area contributed by atoms with Gasteiger partial charge in [-0.3, -0.25) is 4.79 Å². The van der Waals surface area contributed by atoms with Crippen molar-refractivity contribution in [3.8, 4) is 0 Å². The molecule has 0 spiro atoms. The van der Waals surface area contributed by atoms with Gasteiger partial charge in [0.1, 0.15) is 5.69 Å². The molecule has 0 aliphatic rings. The number of anilines is 1. The molecule has 0 saturated carbocycles. The van der Waals surface area contributed by atoms with E-state index in [9.17, 15) is 18.0 Å². The number of benzene rings is 2. The van der Waals surface area contributed by atoms with Gasteiger partial charge in [-0.05, 0) is 54.2 Å². The number of rotatable bonds is 4. The van der Waals surface area contributed by atoms with Crippen LogP contribution in [-0.4, -0.2) is 15.9 Å². The van der Waals surface area contributed by atoms with Crippen molar-refractivity contribution in [1.29, 1.82) is 0 Å². The zero-order valence-electron chi connectivity index (χ0n) is 13.5. The lowest BCUT2D eigenvalue weighted by Gasteiger charge is -2.11. The number of para-hydroxylation sites is 1. The van der Waals surface area contributed by atoms with E-state index >= 15 is 0 Å². The average Bonchev–Trinajstić information content (AvgIpc) is 2.63. The molecule has 0 unspecified atom stereocenters. The fourth-order valence-corrected chi connectivity index (χ4v) is 3.06. The number of aromatic nitrogens is 2. The minimum absolute atomic E-state index is 0.0713. The van der Waals surface area contributed by atoms with E-state index in [-0.39, 0.29) is 11.1 Å². The van der Waals surface area contributed by atoms with Crippen molar-refractivity contribution in [3.05, 3.63) is 77.1 Å². The molecular weight excluding hydrogens is 399 g/mol. The standard InChI is InChI=1S/C18H11ClF3N3OS/c19-12-7-5-11(6-8-12)16(26)24-13-3-1-2-4-14(13)27-17-23-10-9-15(25-17)18(20,21)22/h1-10H,(H,24,26). The quantitative estimate of drug-likeness (QED) is 0.574. The van der Waals surface area contributed by atoms with E-state index in [4.69, 9.17) is 11.6 Å². The number of hydrogen-bond acceptors (Lipinski definition) is 4. The fourth-order valence-electron chi connectivity index (χ4n) is 2.10. The highest BCUT2D eigenvalue weighted by atomic mass is 35.5. The number of carbonyl (C=O) groups excluding carboxylic acids is 1. The second kappa shape index (κ2) is 7.98. The molecule has 4 nitrogen and oxygen atoms in total. The maximum Gasteiger partial charge on any atom is 0.433 e. The van der Waals surface area contributed by atoms with Crippen molar-refractivity contribution in [1.82, 2.24) is 9.97 Å². The van der Waals surface area contributed by atoms with Crippen LogP contribution < -0.4 is 5.32 Å². The Hall–Kier alpha value is -2.58. The van der Waals surface area contributed by atoms with E-state index in [1.165, 1.54) is 0 Å². The molecule has 1 heterocycles. The highest BCUT2D eigenvalue weighted by Gasteiger charge is 2.32. The van der Waals surface area contributed by atoms with Gasteiger partial charge in [-0.1, -0.05) is 23.7 Å². The molecule has 1 N–H and O–H groups in total. The molecule has 0 atom stereocenters. The van der Waals surface area contributed by atoms with Gasteiger partial charge in [0.25, 0.3) is 5.91 Å². The summed E-state index contributed by atoms with van der Waals surface area (Å²) in [5, 5.41) is 3.16. The summed E-state index contributed by atoms with van der Waals surface area (Å²) >= 11 is 6.73. The summed E-state index contributed by atoms with van der Waals surface area (Å²) in [5.74, 6) is -0.371. The van der Waals surface area contributed by atoms with Gasteiger partial charge in [0.2, 0.25) is 0 Å². The number of halogens is 4. The number of amides is 1. The first kappa shape index (κ1) is 19.2. The number of carbonyl (C=O) groups is 1. The summed E-state index contributed by atoms with van der Waals surface area (Å²) in [6.45, 7) is 0. The lowest BCUT2D eigenvalue weighted by atomic mass is 10.2. The zero-order chi connectivity index (χ0) is 19.4. The van der Waals surface area contributed by atoms with Crippen molar-refractivity contribution in [2.45, 2.75) is 16.2 Å². The molecule has 9 heteroatoms. The summed E-state index contributed by atoms with van der Waals surface area (Å²) < 4.78 is 38.4. The van der Waals surface area contributed by atoms with Crippen LogP contribution in [0.5, 0.6) is 0 Å². The molecule has 0 radical (unpaired) electrons. The van der Waals surface area contributed by atoms with E-state index in [2.05, 4.69) is 15.3 Å². The Bertz CT molecular complexity index is 965.